The van der Waals surface area contributed by atoms with E-state index < -0.39 is 23.6 Å². The number of rotatable bonds is 5. The summed E-state index contributed by atoms with van der Waals surface area (Å²) in [7, 11) is 0. The predicted molar refractivity (Wildman–Crippen MR) is 98.7 cm³/mol. The quantitative estimate of drug-likeness (QED) is 0.754. The maximum absolute atomic E-state index is 12.4. The molecule has 8 nitrogen and oxygen atoms in total. The van der Waals surface area contributed by atoms with Crippen molar-refractivity contribution in [2.75, 3.05) is 11.9 Å². The van der Waals surface area contributed by atoms with Gasteiger partial charge in [0, 0.05) is 0 Å². The van der Waals surface area contributed by atoms with E-state index in [0.717, 1.165) is 21.7 Å². The standard InChI is InChI=1S/C16H14N4O4S2/c1-2-13-18-19-15(26-13)17-12(22)8-20-14(23)11(25-16(20)24)7-9-4-3-5-10(21)6-9/h3-7,21H,2,8H2,1H3,(H,17,19,22)/b11-7+. The van der Waals surface area contributed by atoms with Crippen LogP contribution in [0.2, 0.25) is 0 Å². The number of hydrogen-bond acceptors (Lipinski definition) is 8. The van der Waals surface area contributed by atoms with Crippen LogP contribution in [0.3, 0.4) is 0 Å². The van der Waals surface area contributed by atoms with Gasteiger partial charge in [-0.15, -0.1) is 10.2 Å². The van der Waals surface area contributed by atoms with Crippen molar-refractivity contribution < 1.29 is 19.5 Å². The van der Waals surface area contributed by atoms with Gasteiger partial charge in [0.1, 0.15) is 17.3 Å². The highest BCUT2D eigenvalue weighted by atomic mass is 32.2. The zero-order chi connectivity index (χ0) is 18.7. The molecule has 3 rings (SSSR count). The van der Waals surface area contributed by atoms with Crippen LogP contribution in [0.4, 0.5) is 9.93 Å². The predicted octanol–water partition coefficient (Wildman–Crippen LogP) is 2.48. The molecule has 0 unspecified atom stereocenters. The third kappa shape index (κ3) is 4.09. The minimum atomic E-state index is -0.551. The Morgan fingerprint density at radius 3 is 2.85 bits per heavy atom. The highest BCUT2D eigenvalue weighted by Crippen LogP contribution is 2.32. The summed E-state index contributed by atoms with van der Waals surface area (Å²) in [5.74, 6) is -1.02. The number of aryl methyl sites for hydroxylation is 1. The first-order chi connectivity index (χ1) is 12.5. The number of thioether (sulfide) groups is 1. The van der Waals surface area contributed by atoms with E-state index in [0.29, 0.717) is 17.1 Å². The number of hydrogen-bond donors (Lipinski definition) is 2. The maximum atomic E-state index is 12.4. The number of carbonyl (C=O) groups excluding carboxylic acids is 3. The van der Waals surface area contributed by atoms with Gasteiger partial charge in [-0.25, -0.2) is 0 Å². The molecule has 2 heterocycles. The molecule has 0 aliphatic carbocycles. The van der Waals surface area contributed by atoms with Gasteiger partial charge in [-0.1, -0.05) is 30.4 Å². The van der Waals surface area contributed by atoms with Crippen molar-refractivity contribution in [3.63, 3.8) is 0 Å². The van der Waals surface area contributed by atoms with E-state index >= 15 is 0 Å². The second kappa shape index (κ2) is 7.67. The Kier molecular flexibility index (Phi) is 5.33. The fourth-order valence-corrected chi connectivity index (χ4v) is 3.69. The monoisotopic (exact) mass is 390 g/mol. The van der Waals surface area contributed by atoms with Crippen molar-refractivity contribution in [3.8, 4) is 5.75 Å². The number of anilines is 1. The Bertz CT molecular complexity index is 909. The lowest BCUT2D eigenvalue weighted by atomic mass is 10.2. The number of benzene rings is 1. The van der Waals surface area contributed by atoms with Crippen molar-refractivity contribution >= 4 is 51.4 Å². The first-order valence-corrected chi connectivity index (χ1v) is 9.26. The van der Waals surface area contributed by atoms with Crippen molar-refractivity contribution in [3.05, 3.63) is 39.7 Å². The number of aromatic hydroxyl groups is 1. The van der Waals surface area contributed by atoms with Crippen LogP contribution in [0.15, 0.2) is 29.2 Å². The van der Waals surface area contributed by atoms with Gasteiger partial charge >= 0.3 is 0 Å². The molecule has 0 radical (unpaired) electrons. The summed E-state index contributed by atoms with van der Waals surface area (Å²) in [5, 5.41) is 20.3. The first-order valence-electron chi connectivity index (χ1n) is 7.63. The first kappa shape index (κ1) is 18.1. The number of imide groups is 1. The Morgan fingerprint density at radius 1 is 1.35 bits per heavy atom. The molecule has 0 spiro atoms. The van der Waals surface area contributed by atoms with Gasteiger partial charge in [0.2, 0.25) is 11.0 Å². The summed E-state index contributed by atoms with van der Waals surface area (Å²) in [4.78, 5) is 37.6. The molecule has 3 amide bonds. The third-order valence-electron chi connectivity index (χ3n) is 3.36. The summed E-state index contributed by atoms with van der Waals surface area (Å²) in [6.45, 7) is 1.52. The molecule has 1 saturated heterocycles. The number of nitrogens with one attached hydrogen (secondary N) is 1. The Balaban J connectivity index is 1.67. The van der Waals surface area contributed by atoms with E-state index in [9.17, 15) is 19.5 Å². The number of phenols is 1. The zero-order valence-corrected chi connectivity index (χ0v) is 15.3. The van der Waals surface area contributed by atoms with Crippen LogP contribution in [0.5, 0.6) is 5.75 Å². The van der Waals surface area contributed by atoms with Gasteiger partial charge in [0.05, 0.1) is 4.91 Å². The van der Waals surface area contributed by atoms with E-state index in [1.54, 1.807) is 12.1 Å². The van der Waals surface area contributed by atoms with Crippen LogP contribution in [0, 0.1) is 0 Å². The lowest BCUT2D eigenvalue weighted by Gasteiger charge is -2.11. The molecule has 1 aliphatic rings. The molecule has 26 heavy (non-hydrogen) atoms. The number of nitrogens with zero attached hydrogens (tertiary/aromatic N) is 3. The van der Waals surface area contributed by atoms with Gasteiger partial charge in [-0.2, -0.15) is 0 Å². The molecule has 134 valence electrons. The smallest absolute Gasteiger partial charge is 0.294 e. The number of carbonyl (C=O) groups is 3. The summed E-state index contributed by atoms with van der Waals surface area (Å²) in [6, 6.07) is 6.30. The Morgan fingerprint density at radius 2 is 2.15 bits per heavy atom. The Labute approximate surface area is 156 Å². The number of aromatic nitrogens is 2. The summed E-state index contributed by atoms with van der Waals surface area (Å²) >= 11 is 1.99. The second-order valence-electron chi connectivity index (χ2n) is 5.27. The largest absolute Gasteiger partial charge is 0.508 e. The van der Waals surface area contributed by atoms with Crippen LogP contribution < -0.4 is 5.32 Å². The molecule has 2 N–H and O–H groups in total. The summed E-state index contributed by atoms with van der Waals surface area (Å²) in [5.41, 5.74) is 0.584. The average molecular weight is 390 g/mol. The fraction of sp³-hybridized carbons (Fsp3) is 0.188. The molecule has 1 aromatic heterocycles. The molecule has 2 aromatic rings. The normalized spacial score (nSPS) is 15.7. The molecule has 1 aromatic carbocycles. The van der Waals surface area contributed by atoms with Crippen LogP contribution >= 0.6 is 23.1 Å². The van der Waals surface area contributed by atoms with Gasteiger partial charge in [-0.3, -0.25) is 24.6 Å². The van der Waals surface area contributed by atoms with Crippen molar-refractivity contribution in [1.29, 1.82) is 0 Å². The molecular weight excluding hydrogens is 376 g/mol. The summed E-state index contributed by atoms with van der Waals surface area (Å²) < 4.78 is 0. The lowest BCUT2D eigenvalue weighted by Crippen LogP contribution is -2.36. The molecule has 1 aliphatic heterocycles. The van der Waals surface area contributed by atoms with E-state index in [4.69, 9.17) is 0 Å². The summed E-state index contributed by atoms with van der Waals surface area (Å²) in [6.07, 6.45) is 2.21. The van der Waals surface area contributed by atoms with Crippen molar-refractivity contribution in [1.82, 2.24) is 15.1 Å². The number of amides is 3. The minimum Gasteiger partial charge on any atom is -0.508 e. The van der Waals surface area contributed by atoms with E-state index in [2.05, 4.69) is 15.5 Å². The van der Waals surface area contributed by atoms with E-state index in [1.807, 2.05) is 6.92 Å². The minimum absolute atomic E-state index is 0.0564. The van der Waals surface area contributed by atoms with Crippen molar-refractivity contribution in [2.45, 2.75) is 13.3 Å². The molecule has 0 saturated carbocycles. The fourth-order valence-electron chi connectivity index (χ4n) is 2.15. The second-order valence-corrected chi connectivity index (χ2v) is 7.32. The molecular formula is C16H14N4O4S2. The van der Waals surface area contributed by atoms with E-state index in [1.165, 1.54) is 29.5 Å². The highest BCUT2D eigenvalue weighted by molar-refractivity contribution is 8.18. The lowest BCUT2D eigenvalue weighted by molar-refractivity contribution is -0.127. The van der Waals surface area contributed by atoms with Gasteiger partial charge in [0.25, 0.3) is 11.1 Å². The number of phenolic OH excluding ortho intramolecular Hbond substituents is 1. The molecule has 1 fully saturated rings. The zero-order valence-electron chi connectivity index (χ0n) is 13.6. The highest BCUT2D eigenvalue weighted by Gasteiger charge is 2.36. The van der Waals surface area contributed by atoms with Gasteiger partial charge < -0.3 is 5.11 Å². The topological polar surface area (TPSA) is 112 Å². The van der Waals surface area contributed by atoms with Crippen LogP contribution in [0.25, 0.3) is 6.08 Å². The average Bonchev–Trinajstić information content (AvgIpc) is 3.15. The van der Waals surface area contributed by atoms with Crippen molar-refractivity contribution in [2.24, 2.45) is 0 Å². The van der Waals surface area contributed by atoms with Crippen LogP contribution in [0.1, 0.15) is 17.5 Å². The van der Waals surface area contributed by atoms with Gasteiger partial charge in [-0.05, 0) is 42.0 Å². The molecule has 0 bridgehead atoms. The van der Waals surface area contributed by atoms with Gasteiger partial charge in [0.15, 0.2) is 0 Å². The molecule has 10 heteroatoms. The maximum Gasteiger partial charge on any atom is 0.294 e. The molecule has 0 atom stereocenters. The van der Waals surface area contributed by atoms with Crippen LogP contribution in [-0.4, -0.2) is 43.8 Å². The van der Waals surface area contributed by atoms with E-state index in [-0.39, 0.29) is 10.7 Å². The van der Waals surface area contributed by atoms with Crippen LogP contribution in [-0.2, 0) is 16.0 Å². The SMILES string of the molecule is CCc1nnc(NC(=O)CN2C(=O)S/C(=C/c3cccc(O)c3)C2=O)s1. The third-order valence-corrected chi connectivity index (χ3v) is 5.25. The Hall–Kier alpha value is -2.72.